The number of carbonyl (C=O) groups excluding carboxylic acids is 3. The predicted molar refractivity (Wildman–Crippen MR) is 135 cm³/mol. The number of carbonyl (C=O) groups is 3. The van der Waals surface area contributed by atoms with Crippen molar-refractivity contribution in [2.75, 3.05) is 31.6 Å². The Bertz CT molecular complexity index is 1220. The molecule has 35 heavy (non-hydrogen) atoms. The van der Waals surface area contributed by atoms with Crippen LogP contribution >= 0.6 is 0 Å². The van der Waals surface area contributed by atoms with Gasteiger partial charge >= 0.3 is 0 Å². The summed E-state index contributed by atoms with van der Waals surface area (Å²) < 4.78 is 5.92. The summed E-state index contributed by atoms with van der Waals surface area (Å²) >= 11 is 0. The van der Waals surface area contributed by atoms with Crippen LogP contribution in [0.25, 0.3) is 0 Å². The molecule has 0 aromatic heterocycles. The molecule has 0 bridgehead atoms. The van der Waals surface area contributed by atoms with Gasteiger partial charge in [-0.05, 0) is 49.0 Å². The highest BCUT2D eigenvalue weighted by Crippen LogP contribution is 2.28. The van der Waals surface area contributed by atoms with E-state index in [9.17, 15) is 14.4 Å². The van der Waals surface area contributed by atoms with Gasteiger partial charge in [-0.15, -0.1) is 0 Å². The molecule has 3 amide bonds. The molecular formula is C28H29N3O4. The normalized spacial score (nSPS) is 12.7. The van der Waals surface area contributed by atoms with Crippen LogP contribution in [-0.4, -0.2) is 53.8 Å². The highest BCUT2D eigenvalue weighted by atomic mass is 16.5. The number of hydrogen-bond donors (Lipinski definition) is 1. The van der Waals surface area contributed by atoms with E-state index in [1.54, 1.807) is 18.2 Å². The third-order valence-electron chi connectivity index (χ3n) is 6.11. The molecule has 3 aromatic rings. The predicted octanol–water partition coefficient (Wildman–Crippen LogP) is 4.46. The molecular weight excluding hydrogens is 442 g/mol. The van der Waals surface area contributed by atoms with E-state index in [2.05, 4.69) is 24.1 Å². The first kappa shape index (κ1) is 24.2. The number of rotatable bonds is 10. The summed E-state index contributed by atoms with van der Waals surface area (Å²) in [6.45, 7) is 7.58. The van der Waals surface area contributed by atoms with Crippen LogP contribution in [0.2, 0.25) is 0 Å². The topological polar surface area (TPSA) is 79.0 Å². The lowest BCUT2D eigenvalue weighted by Crippen LogP contribution is -2.29. The molecule has 180 valence electrons. The largest absolute Gasteiger partial charge is 0.490 e. The van der Waals surface area contributed by atoms with Crippen molar-refractivity contribution >= 4 is 23.4 Å². The van der Waals surface area contributed by atoms with Gasteiger partial charge in [0, 0.05) is 12.1 Å². The number of likely N-dealkylation sites (N-methyl/N-ethyl adjacent to an activating group) is 1. The van der Waals surface area contributed by atoms with Crippen LogP contribution in [-0.2, 0) is 6.54 Å². The minimum atomic E-state index is -0.399. The molecule has 4 rings (SSSR count). The van der Waals surface area contributed by atoms with Crippen LogP contribution < -0.4 is 10.1 Å². The van der Waals surface area contributed by atoms with E-state index in [0.29, 0.717) is 29.2 Å². The number of anilines is 1. The second-order valence-electron chi connectivity index (χ2n) is 8.27. The van der Waals surface area contributed by atoms with Crippen LogP contribution in [0, 0.1) is 0 Å². The average molecular weight is 472 g/mol. The minimum Gasteiger partial charge on any atom is -0.490 e. The van der Waals surface area contributed by atoms with Crippen LogP contribution in [0.1, 0.15) is 50.5 Å². The van der Waals surface area contributed by atoms with Crippen molar-refractivity contribution in [3.8, 4) is 5.75 Å². The lowest BCUT2D eigenvalue weighted by molar-refractivity contribution is 0.0642. The summed E-state index contributed by atoms with van der Waals surface area (Å²) in [5.41, 5.74) is 2.25. The van der Waals surface area contributed by atoms with Gasteiger partial charge in [-0.3, -0.25) is 19.3 Å². The van der Waals surface area contributed by atoms with Crippen LogP contribution in [0.5, 0.6) is 5.75 Å². The SMILES string of the molecule is CCN(CC)CCOc1ccccc1NC(=O)c1ccc2c(c1)C(=O)N(Cc1ccccc1)C2=O. The molecule has 1 aliphatic rings. The number of ether oxygens (including phenoxy) is 1. The third kappa shape index (κ3) is 5.41. The monoisotopic (exact) mass is 471 g/mol. The highest BCUT2D eigenvalue weighted by Gasteiger charge is 2.36. The van der Waals surface area contributed by atoms with Gasteiger partial charge in [0.2, 0.25) is 0 Å². The van der Waals surface area contributed by atoms with Crippen molar-refractivity contribution in [3.05, 3.63) is 95.1 Å². The standard InChI is InChI=1S/C28H29N3O4/c1-3-30(4-2)16-17-35-25-13-9-8-12-24(25)29-26(32)21-14-15-22-23(18-21)28(34)31(27(22)33)19-20-10-6-5-7-11-20/h5-15,18H,3-4,16-17,19H2,1-2H3,(H,29,32). The van der Waals surface area contributed by atoms with Gasteiger partial charge in [-0.1, -0.05) is 56.3 Å². The fourth-order valence-corrected chi connectivity index (χ4v) is 4.06. The Balaban J connectivity index is 1.46. The van der Waals surface area contributed by atoms with Gasteiger partial charge in [0.25, 0.3) is 17.7 Å². The zero-order valence-electron chi connectivity index (χ0n) is 20.0. The molecule has 0 spiro atoms. The first-order chi connectivity index (χ1) is 17.0. The van der Waals surface area contributed by atoms with E-state index in [1.807, 2.05) is 48.5 Å². The Kier molecular flexibility index (Phi) is 7.57. The number of fused-ring (bicyclic) bond motifs is 1. The van der Waals surface area contributed by atoms with Crippen LogP contribution in [0.15, 0.2) is 72.8 Å². The van der Waals surface area contributed by atoms with E-state index < -0.39 is 5.91 Å². The molecule has 1 aliphatic heterocycles. The van der Waals surface area contributed by atoms with E-state index in [1.165, 1.54) is 11.0 Å². The Labute approximate surface area is 205 Å². The number of nitrogens with zero attached hydrogens (tertiary/aromatic N) is 2. The second kappa shape index (κ2) is 11.0. The fraction of sp³-hybridized carbons (Fsp3) is 0.250. The number of nitrogens with one attached hydrogen (secondary N) is 1. The number of para-hydroxylation sites is 2. The maximum Gasteiger partial charge on any atom is 0.261 e. The van der Waals surface area contributed by atoms with Gasteiger partial charge < -0.3 is 15.0 Å². The first-order valence-electron chi connectivity index (χ1n) is 11.8. The number of benzene rings is 3. The quantitative estimate of drug-likeness (QED) is 0.442. The Morgan fingerprint density at radius 2 is 1.57 bits per heavy atom. The molecule has 7 nitrogen and oxygen atoms in total. The van der Waals surface area contributed by atoms with Crippen molar-refractivity contribution in [1.82, 2.24) is 9.80 Å². The summed E-state index contributed by atoms with van der Waals surface area (Å²) in [6, 6.07) is 21.2. The average Bonchev–Trinajstić information content (AvgIpc) is 3.12. The third-order valence-corrected chi connectivity index (χ3v) is 6.11. The zero-order chi connectivity index (χ0) is 24.8. The number of amides is 3. The van der Waals surface area contributed by atoms with E-state index in [4.69, 9.17) is 4.74 Å². The summed E-state index contributed by atoms with van der Waals surface area (Å²) in [6.07, 6.45) is 0. The molecule has 0 aliphatic carbocycles. The molecule has 3 aromatic carbocycles. The Morgan fingerprint density at radius 3 is 2.31 bits per heavy atom. The molecule has 7 heteroatoms. The van der Waals surface area contributed by atoms with Gasteiger partial charge in [0.15, 0.2) is 0 Å². The molecule has 1 heterocycles. The fourth-order valence-electron chi connectivity index (χ4n) is 4.06. The van der Waals surface area contributed by atoms with Gasteiger partial charge in [0.05, 0.1) is 23.4 Å². The molecule has 0 atom stereocenters. The van der Waals surface area contributed by atoms with Crippen LogP contribution in [0.3, 0.4) is 0 Å². The van der Waals surface area contributed by atoms with Gasteiger partial charge in [-0.25, -0.2) is 0 Å². The highest BCUT2D eigenvalue weighted by molar-refractivity contribution is 6.22. The number of imide groups is 1. The first-order valence-corrected chi connectivity index (χ1v) is 11.8. The summed E-state index contributed by atoms with van der Waals surface area (Å²) in [7, 11) is 0. The summed E-state index contributed by atoms with van der Waals surface area (Å²) in [5.74, 6) is -0.555. The summed E-state index contributed by atoms with van der Waals surface area (Å²) in [5, 5.41) is 2.87. The molecule has 0 saturated carbocycles. The lowest BCUT2D eigenvalue weighted by Gasteiger charge is -2.19. The maximum absolute atomic E-state index is 13.0. The molecule has 0 radical (unpaired) electrons. The second-order valence-corrected chi connectivity index (χ2v) is 8.27. The van der Waals surface area contributed by atoms with E-state index in [-0.39, 0.29) is 23.9 Å². The van der Waals surface area contributed by atoms with E-state index in [0.717, 1.165) is 25.2 Å². The van der Waals surface area contributed by atoms with Gasteiger partial charge in [-0.2, -0.15) is 0 Å². The van der Waals surface area contributed by atoms with Crippen LogP contribution in [0.4, 0.5) is 5.69 Å². The van der Waals surface area contributed by atoms with Crippen molar-refractivity contribution in [3.63, 3.8) is 0 Å². The molecule has 0 fully saturated rings. The van der Waals surface area contributed by atoms with Crippen molar-refractivity contribution in [2.24, 2.45) is 0 Å². The van der Waals surface area contributed by atoms with Gasteiger partial charge in [0.1, 0.15) is 12.4 Å². The van der Waals surface area contributed by atoms with Crippen molar-refractivity contribution in [1.29, 1.82) is 0 Å². The van der Waals surface area contributed by atoms with Crippen molar-refractivity contribution < 1.29 is 19.1 Å². The zero-order valence-corrected chi connectivity index (χ0v) is 20.0. The van der Waals surface area contributed by atoms with E-state index >= 15 is 0 Å². The van der Waals surface area contributed by atoms with Crippen molar-refractivity contribution in [2.45, 2.75) is 20.4 Å². The molecule has 0 saturated heterocycles. The maximum atomic E-state index is 13.0. The molecule has 1 N–H and O–H groups in total. The number of hydrogen-bond acceptors (Lipinski definition) is 5. The Morgan fingerprint density at radius 1 is 0.886 bits per heavy atom. The Hall–Kier alpha value is -3.97. The minimum absolute atomic E-state index is 0.187. The smallest absolute Gasteiger partial charge is 0.261 e. The summed E-state index contributed by atoms with van der Waals surface area (Å²) in [4.78, 5) is 42.3. The lowest BCUT2D eigenvalue weighted by atomic mass is 10.1. The molecule has 0 unspecified atom stereocenters.